The van der Waals surface area contributed by atoms with Crippen LogP contribution in [-0.4, -0.2) is 16.4 Å². The molecule has 1 rings (SSSR count). The van der Waals surface area contributed by atoms with E-state index < -0.39 is 5.60 Å². The Morgan fingerprint density at radius 1 is 1.31 bits per heavy atom. The van der Waals surface area contributed by atoms with Gasteiger partial charge in [0.2, 0.25) is 0 Å². The maximum absolute atomic E-state index is 11.3. The second kappa shape index (κ2) is 11.6. The molecule has 3 nitrogen and oxygen atoms in total. The maximum atomic E-state index is 11.3. The first-order valence-electron chi connectivity index (χ1n) is 10.5. The van der Waals surface area contributed by atoms with E-state index in [1.807, 2.05) is 39.0 Å². The van der Waals surface area contributed by atoms with Crippen molar-refractivity contribution >= 4 is 5.71 Å². The van der Waals surface area contributed by atoms with Crippen molar-refractivity contribution in [3.8, 4) is 0 Å². The normalized spacial score (nSPS) is 16.3. The van der Waals surface area contributed by atoms with Gasteiger partial charge in [-0.3, -0.25) is 5.41 Å². The van der Waals surface area contributed by atoms with Gasteiger partial charge in [-0.25, -0.2) is 0 Å². The van der Waals surface area contributed by atoms with E-state index in [1.54, 1.807) is 6.08 Å². The smallest absolute Gasteiger partial charge is 0.0705 e. The van der Waals surface area contributed by atoms with Crippen molar-refractivity contribution in [2.75, 3.05) is 0 Å². The molecule has 0 heterocycles. The zero-order chi connectivity index (χ0) is 22.0. The molecule has 2 unspecified atom stereocenters. The van der Waals surface area contributed by atoms with Crippen LogP contribution in [0.4, 0.5) is 0 Å². The van der Waals surface area contributed by atoms with Crippen LogP contribution in [0.15, 0.2) is 72.0 Å². The van der Waals surface area contributed by atoms with Crippen LogP contribution in [0.3, 0.4) is 0 Å². The number of hydrogen-bond acceptors (Lipinski definition) is 3. The van der Waals surface area contributed by atoms with Gasteiger partial charge in [0, 0.05) is 11.6 Å². The van der Waals surface area contributed by atoms with Gasteiger partial charge in [-0.2, -0.15) is 0 Å². The Balaban J connectivity index is 3.14. The molecular formula is C26H38N2O. The third-order valence-electron chi connectivity index (χ3n) is 5.48. The molecule has 4 N–H and O–H groups in total. The quantitative estimate of drug-likeness (QED) is 0.316. The number of benzene rings is 1. The van der Waals surface area contributed by atoms with Crippen molar-refractivity contribution in [2.45, 2.75) is 65.9 Å². The Labute approximate surface area is 177 Å². The minimum Gasteiger partial charge on any atom is -0.401 e. The molecule has 0 aromatic heterocycles. The highest BCUT2D eigenvalue weighted by atomic mass is 16.3. The Bertz CT molecular complexity index is 779. The van der Waals surface area contributed by atoms with Crippen molar-refractivity contribution in [3.05, 3.63) is 83.1 Å². The van der Waals surface area contributed by atoms with Crippen LogP contribution in [0.25, 0.3) is 0 Å². The molecule has 0 radical (unpaired) electrons. The number of nitrogens with one attached hydrogen (secondary N) is 1. The number of nitrogens with two attached hydrogens (primary N) is 1. The fraction of sp³-hybridized carbons (Fsp3) is 0.423. The Hall–Kier alpha value is -2.39. The van der Waals surface area contributed by atoms with E-state index in [9.17, 15) is 5.11 Å². The molecule has 0 bridgehead atoms. The third-order valence-corrected chi connectivity index (χ3v) is 5.48. The molecule has 158 valence electrons. The molecule has 1 aromatic carbocycles. The molecular weight excluding hydrogens is 356 g/mol. The molecule has 0 spiro atoms. The molecule has 0 aliphatic heterocycles. The monoisotopic (exact) mass is 394 g/mol. The Kier molecular flexibility index (Phi) is 9.84. The Morgan fingerprint density at radius 3 is 2.45 bits per heavy atom. The lowest BCUT2D eigenvalue weighted by molar-refractivity contribution is 0.00145. The van der Waals surface area contributed by atoms with E-state index in [0.29, 0.717) is 23.4 Å². The molecule has 2 atom stereocenters. The van der Waals surface area contributed by atoms with Gasteiger partial charge in [0.25, 0.3) is 0 Å². The van der Waals surface area contributed by atoms with Crippen LogP contribution in [-0.2, 0) is 6.42 Å². The highest BCUT2D eigenvalue weighted by Gasteiger charge is 2.34. The van der Waals surface area contributed by atoms with Crippen LogP contribution in [0, 0.1) is 18.3 Å². The van der Waals surface area contributed by atoms with Crippen molar-refractivity contribution in [2.24, 2.45) is 11.7 Å². The van der Waals surface area contributed by atoms with Crippen molar-refractivity contribution in [3.63, 3.8) is 0 Å². The van der Waals surface area contributed by atoms with E-state index >= 15 is 0 Å². The molecule has 3 heteroatoms. The van der Waals surface area contributed by atoms with Crippen LogP contribution in [0.1, 0.15) is 58.1 Å². The van der Waals surface area contributed by atoms with E-state index in [-0.39, 0.29) is 5.92 Å². The van der Waals surface area contributed by atoms with Gasteiger partial charge in [0.15, 0.2) is 0 Å². The van der Waals surface area contributed by atoms with Gasteiger partial charge in [-0.05, 0) is 63.7 Å². The first-order chi connectivity index (χ1) is 13.7. The van der Waals surface area contributed by atoms with Crippen LogP contribution in [0.5, 0.6) is 0 Å². The van der Waals surface area contributed by atoms with Crippen LogP contribution < -0.4 is 5.73 Å². The molecule has 29 heavy (non-hydrogen) atoms. The minimum atomic E-state index is -0.949. The van der Waals surface area contributed by atoms with E-state index in [2.05, 4.69) is 44.7 Å². The van der Waals surface area contributed by atoms with Gasteiger partial charge < -0.3 is 10.8 Å². The summed E-state index contributed by atoms with van der Waals surface area (Å²) in [6.45, 7) is 13.6. The Morgan fingerprint density at radius 2 is 1.93 bits per heavy atom. The standard InChI is InChI=1S/C26H38N2O/c1-7-10-22(11-8-2)24(27)20(5)25(28)23(12-9-3)26(6,29)18-17-21-15-13-19(4)14-16-21/h7-8,10-11,13-16,23,27,29H,1,9,12,17-18,28H2,2-6H3/b11-8-,22-10+,25-20-,27-24?. The fourth-order valence-electron chi connectivity index (χ4n) is 3.57. The molecule has 1 aromatic rings. The molecule has 0 saturated heterocycles. The van der Waals surface area contributed by atoms with Crippen molar-refractivity contribution < 1.29 is 5.11 Å². The highest BCUT2D eigenvalue weighted by molar-refractivity contribution is 6.12. The maximum Gasteiger partial charge on any atom is 0.0705 e. The van der Waals surface area contributed by atoms with Crippen LogP contribution in [0.2, 0.25) is 0 Å². The molecule has 0 fully saturated rings. The zero-order valence-electron chi connectivity index (χ0n) is 18.8. The molecule has 0 saturated carbocycles. The number of hydrogen-bond donors (Lipinski definition) is 3. The minimum absolute atomic E-state index is 0.200. The largest absolute Gasteiger partial charge is 0.401 e. The van der Waals surface area contributed by atoms with Gasteiger partial charge in [-0.1, -0.05) is 74.1 Å². The summed E-state index contributed by atoms with van der Waals surface area (Å²) in [6.07, 6.45) is 10.4. The predicted molar refractivity (Wildman–Crippen MR) is 126 cm³/mol. The lowest BCUT2D eigenvalue weighted by atomic mass is 9.77. The summed E-state index contributed by atoms with van der Waals surface area (Å²) in [5.74, 6) is -0.200. The molecule has 0 amide bonds. The van der Waals surface area contributed by atoms with Gasteiger partial charge >= 0.3 is 0 Å². The van der Waals surface area contributed by atoms with Gasteiger partial charge in [-0.15, -0.1) is 0 Å². The number of allylic oxidation sites excluding steroid dienone is 6. The van der Waals surface area contributed by atoms with E-state index in [4.69, 9.17) is 11.1 Å². The van der Waals surface area contributed by atoms with Crippen molar-refractivity contribution in [1.29, 1.82) is 5.41 Å². The van der Waals surface area contributed by atoms with E-state index in [1.165, 1.54) is 11.1 Å². The van der Waals surface area contributed by atoms with E-state index in [0.717, 1.165) is 24.8 Å². The SMILES string of the molecule is C=C/C=C(\C=C/C)C(=N)/C(C)=C(\N)C(CCC)C(C)(O)CCc1ccc(C)cc1. The number of rotatable bonds is 11. The average Bonchev–Trinajstić information content (AvgIpc) is 2.69. The first kappa shape index (κ1) is 24.6. The fourth-order valence-corrected chi connectivity index (χ4v) is 3.57. The lowest BCUT2D eigenvalue weighted by Crippen LogP contribution is -2.39. The summed E-state index contributed by atoms with van der Waals surface area (Å²) in [4.78, 5) is 0. The number of aryl methyl sites for hydroxylation is 2. The van der Waals surface area contributed by atoms with Crippen molar-refractivity contribution in [1.82, 2.24) is 0 Å². The molecule has 0 aliphatic rings. The molecule has 0 aliphatic carbocycles. The highest BCUT2D eigenvalue weighted by Crippen LogP contribution is 2.33. The average molecular weight is 395 g/mol. The topological polar surface area (TPSA) is 70.1 Å². The van der Waals surface area contributed by atoms with Crippen LogP contribution >= 0.6 is 0 Å². The summed E-state index contributed by atoms with van der Waals surface area (Å²) in [5, 5.41) is 19.9. The second-order valence-corrected chi connectivity index (χ2v) is 8.00. The summed E-state index contributed by atoms with van der Waals surface area (Å²) in [5.41, 5.74) is 10.5. The summed E-state index contributed by atoms with van der Waals surface area (Å²) in [7, 11) is 0. The van der Waals surface area contributed by atoms with Gasteiger partial charge in [0.1, 0.15) is 0 Å². The summed E-state index contributed by atoms with van der Waals surface area (Å²) in [6, 6.07) is 8.43. The number of aliphatic hydroxyl groups is 1. The predicted octanol–water partition coefficient (Wildman–Crippen LogP) is 6.04. The summed E-state index contributed by atoms with van der Waals surface area (Å²) < 4.78 is 0. The summed E-state index contributed by atoms with van der Waals surface area (Å²) >= 11 is 0. The zero-order valence-corrected chi connectivity index (χ0v) is 18.8. The second-order valence-electron chi connectivity index (χ2n) is 8.00. The lowest BCUT2D eigenvalue weighted by Gasteiger charge is -2.34. The third kappa shape index (κ3) is 7.17. The van der Waals surface area contributed by atoms with Gasteiger partial charge in [0.05, 0.1) is 11.3 Å². The first-order valence-corrected chi connectivity index (χ1v) is 10.5.